The monoisotopic (exact) mass is 375 g/mol. The van der Waals surface area contributed by atoms with E-state index >= 15 is 0 Å². The highest BCUT2D eigenvalue weighted by Crippen LogP contribution is 2.28. The van der Waals surface area contributed by atoms with E-state index in [1.807, 2.05) is 19.1 Å². The smallest absolute Gasteiger partial charge is 0.340 e. The van der Waals surface area contributed by atoms with Gasteiger partial charge in [0.1, 0.15) is 0 Å². The van der Waals surface area contributed by atoms with E-state index in [-0.39, 0.29) is 17.9 Å². The number of amides is 1. The average Bonchev–Trinajstić information content (AvgIpc) is 2.68. The number of nitrogens with one attached hydrogen (secondary N) is 1. The highest BCUT2D eigenvalue weighted by atomic mass is 16.5. The zero-order valence-corrected chi connectivity index (χ0v) is 17.3. The summed E-state index contributed by atoms with van der Waals surface area (Å²) in [7, 11) is 0. The van der Waals surface area contributed by atoms with Crippen LogP contribution in [0.5, 0.6) is 0 Å². The molecule has 0 aromatic heterocycles. The molecule has 1 aliphatic rings. The molecule has 1 saturated heterocycles. The molecule has 0 spiro atoms. The first kappa shape index (κ1) is 21.4. The number of hydrogen-bond acceptors (Lipinski definition) is 3. The second kappa shape index (κ2) is 9.88. The molecule has 5 heteroatoms. The van der Waals surface area contributed by atoms with E-state index in [4.69, 9.17) is 4.74 Å². The zero-order chi connectivity index (χ0) is 19.9. The SMILES string of the molecule is CCCC(C(=O)Nc1c(C)cccc1C(=O)OCC)[N+]1(CC)CCCCC1. The van der Waals surface area contributed by atoms with Gasteiger partial charge in [0.15, 0.2) is 6.04 Å². The van der Waals surface area contributed by atoms with E-state index in [0.29, 0.717) is 17.9 Å². The minimum Gasteiger partial charge on any atom is -0.462 e. The number of benzene rings is 1. The Balaban J connectivity index is 2.31. The largest absolute Gasteiger partial charge is 0.462 e. The summed E-state index contributed by atoms with van der Waals surface area (Å²) in [5.74, 6) is -0.360. The number of ether oxygens (including phenoxy) is 1. The minimum absolute atomic E-state index is 0.0282. The molecule has 0 bridgehead atoms. The van der Waals surface area contributed by atoms with Crippen LogP contribution in [0.4, 0.5) is 5.69 Å². The molecule has 27 heavy (non-hydrogen) atoms. The van der Waals surface area contributed by atoms with Crippen molar-refractivity contribution in [2.75, 3.05) is 31.6 Å². The third-order valence-corrected chi connectivity index (χ3v) is 5.88. The molecule has 2 rings (SSSR count). The molecule has 1 amide bonds. The Bertz CT molecular complexity index is 651. The van der Waals surface area contributed by atoms with Gasteiger partial charge in [-0.05, 0) is 58.1 Å². The van der Waals surface area contributed by atoms with Crippen molar-refractivity contribution < 1.29 is 18.8 Å². The first-order valence-corrected chi connectivity index (χ1v) is 10.4. The summed E-state index contributed by atoms with van der Waals surface area (Å²) in [4.78, 5) is 25.7. The van der Waals surface area contributed by atoms with Gasteiger partial charge in [-0.3, -0.25) is 4.79 Å². The van der Waals surface area contributed by atoms with Crippen molar-refractivity contribution in [2.45, 2.75) is 65.8 Å². The number of para-hydroxylation sites is 1. The van der Waals surface area contributed by atoms with Gasteiger partial charge in [0.2, 0.25) is 0 Å². The molecular weight excluding hydrogens is 340 g/mol. The van der Waals surface area contributed by atoms with Gasteiger partial charge >= 0.3 is 5.97 Å². The summed E-state index contributed by atoms with van der Waals surface area (Å²) >= 11 is 0. The number of anilines is 1. The van der Waals surface area contributed by atoms with Crippen molar-refractivity contribution in [3.63, 3.8) is 0 Å². The Morgan fingerprint density at radius 2 is 1.85 bits per heavy atom. The average molecular weight is 376 g/mol. The van der Waals surface area contributed by atoms with E-state index in [0.717, 1.165) is 42.5 Å². The van der Waals surface area contributed by atoms with Gasteiger partial charge in [0.25, 0.3) is 5.91 Å². The third kappa shape index (κ3) is 4.89. The van der Waals surface area contributed by atoms with Crippen LogP contribution in [0.2, 0.25) is 0 Å². The summed E-state index contributed by atoms with van der Waals surface area (Å²) in [6.45, 7) is 11.4. The van der Waals surface area contributed by atoms with Gasteiger partial charge in [-0.25, -0.2) is 4.79 Å². The number of carbonyl (C=O) groups is 2. The Labute approximate surface area is 163 Å². The first-order valence-electron chi connectivity index (χ1n) is 10.4. The molecule has 0 aliphatic carbocycles. The van der Waals surface area contributed by atoms with Crippen LogP contribution in [0.1, 0.15) is 68.8 Å². The van der Waals surface area contributed by atoms with E-state index in [1.54, 1.807) is 13.0 Å². The summed E-state index contributed by atoms with van der Waals surface area (Å²) in [5, 5.41) is 3.10. The lowest BCUT2D eigenvalue weighted by molar-refractivity contribution is -0.945. The molecule has 1 atom stereocenters. The Hall–Kier alpha value is -1.88. The number of esters is 1. The predicted molar refractivity (Wildman–Crippen MR) is 109 cm³/mol. The third-order valence-electron chi connectivity index (χ3n) is 5.88. The number of aryl methyl sites for hydroxylation is 1. The number of nitrogens with zero attached hydrogens (tertiary/aromatic N) is 1. The van der Waals surface area contributed by atoms with Gasteiger partial charge in [-0.2, -0.15) is 0 Å². The fourth-order valence-electron chi connectivity index (χ4n) is 4.34. The van der Waals surface area contributed by atoms with Crippen molar-refractivity contribution in [3.05, 3.63) is 29.3 Å². The molecule has 1 N–H and O–H groups in total. The molecular formula is C22H35N2O3+. The van der Waals surface area contributed by atoms with E-state index < -0.39 is 0 Å². The van der Waals surface area contributed by atoms with Crippen molar-refractivity contribution in [2.24, 2.45) is 0 Å². The van der Waals surface area contributed by atoms with E-state index in [1.165, 1.54) is 19.3 Å². The fraction of sp³-hybridized carbons (Fsp3) is 0.636. The molecule has 1 heterocycles. The Kier molecular flexibility index (Phi) is 7.84. The lowest BCUT2D eigenvalue weighted by Crippen LogP contribution is -2.62. The van der Waals surface area contributed by atoms with Gasteiger partial charge in [0.05, 0.1) is 37.5 Å². The van der Waals surface area contributed by atoms with Crippen molar-refractivity contribution in [1.29, 1.82) is 0 Å². The number of likely N-dealkylation sites (tertiary alicyclic amines) is 1. The van der Waals surface area contributed by atoms with Gasteiger partial charge in [-0.15, -0.1) is 0 Å². The van der Waals surface area contributed by atoms with Gasteiger partial charge in [0, 0.05) is 6.42 Å². The summed E-state index contributed by atoms with van der Waals surface area (Å²) in [6, 6.07) is 5.39. The Morgan fingerprint density at radius 1 is 1.15 bits per heavy atom. The van der Waals surface area contributed by atoms with Gasteiger partial charge in [-0.1, -0.05) is 19.1 Å². The number of piperidine rings is 1. The summed E-state index contributed by atoms with van der Waals surface area (Å²) in [6.07, 6.45) is 5.45. The topological polar surface area (TPSA) is 55.4 Å². The molecule has 1 unspecified atom stereocenters. The van der Waals surface area contributed by atoms with Crippen LogP contribution >= 0.6 is 0 Å². The number of hydrogen-bond donors (Lipinski definition) is 1. The number of carbonyl (C=O) groups excluding carboxylic acids is 2. The maximum atomic E-state index is 13.4. The molecule has 1 aromatic rings. The molecule has 0 saturated carbocycles. The summed E-state index contributed by atoms with van der Waals surface area (Å²) in [5.41, 5.74) is 1.90. The van der Waals surface area contributed by atoms with E-state index in [2.05, 4.69) is 19.2 Å². The normalized spacial score (nSPS) is 17.2. The molecule has 1 fully saturated rings. The minimum atomic E-state index is -0.388. The maximum Gasteiger partial charge on any atom is 0.340 e. The predicted octanol–water partition coefficient (Wildman–Crippen LogP) is 4.30. The number of rotatable bonds is 8. The fourth-order valence-corrected chi connectivity index (χ4v) is 4.34. The maximum absolute atomic E-state index is 13.4. The molecule has 5 nitrogen and oxygen atoms in total. The van der Waals surface area contributed by atoms with Crippen LogP contribution in [-0.2, 0) is 9.53 Å². The van der Waals surface area contributed by atoms with Crippen molar-refractivity contribution >= 4 is 17.6 Å². The lowest BCUT2D eigenvalue weighted by Gasteiger charge is -2.46. The highest BCUT2D eigenvalue weighted by Gasteiger charge is 2.41. The second-order valence-corrected chi connectivity index (χ2v) is 7.55. The van der Waals surface area contributed by atoms with E-state index in [9.17, 15) is 9.59 Å². The summed E-state index contributed by atoms with van der Waals surface area (Å²) < 4.78 is 6.04. The van der Waals surface area contributed by atoms with Crippen LogP contribution in [0.3, 0.4) is 0 Å². The lowest BCUT2D eigenvalue weighted by atomic mass is 9.98. The first-order chi connectivity index (χ1) is 13.0. The van der Waals surface area contributed by atoms with Crippen LogP contribution in [0.25, 0.3) is 0 Å². The second-order valence-electron chi connectivity index (χ2n) is 7.55. The number of quaternary nitrogens is 1. The van der Waals surface area contributed by atoms with Gasteiger partial charge < -0.3 is 14.5 Å². The number of likely N-dealkylation sites (N-methyl/N-ethyl adjacent to an activating group) is 1. The van der Waals surface area contributed by atoms with Crippen LogP contribution in [0.15, 0.2) is 18.2 Å². The van der Waals surface area contributed by atoms with Crippen LogP contribution < -0.4 is 5.32 Å². The standard InChI is InChI=1S/C22H34N2O3/c1-5-12-19(24(6-2)15-9-8-10-16-24)21(25)23-20-17(4)13-11-14-18(20)22(26)27-7-3/h11,13-14,19H,5-10,12,15-16H2,1-4H3/p+1. The van der Waals surface area contributed by atoms with Crippen molar-refractivity contribution in [3.8, 4) is 0 Å². The highest BCUT2D eigenvalue weighted by molar-refractivity contribution is 6.03. The molecule has 1 aliphatic heterocycles. The van der Waals surface area contributed by atoms with Crippen LogP contribution in [-0.4, -0.2) is 48.6 Å². The zero-order valence-electron chi connectivity index (χ0n) is 17.3. The van der Waals surface area contributed by atoms with Crippen LogP contribution in [0, 0.1) is 6.92 Å². The van der Waals surface area contributed by atoms with Crippen molar-refractivity contribution in [1.82, 2.24) is 0 Å². The Morgan fingerprint density at radius 3 is 2.44 bits per heavy atom. The molecule has 1 aromatic carbocycles. The quantitative estimate of drug-likeness (QED) is 0.544. The molecule has 150 valence electrons. The molecule has 0 radical (unpaired) electrons.